The van der Waals surface area contributed by atoms with Gasteiger partial charge in [-0.05, 0) is 43.3 Å². The van der Waals surface area contributed by atoms with E-state index in [9.17, 15) is 15.2 Å². The number of benzene rings is 2. The van der Waals surface area contributed by atoms with E-state index < -0.39 is 16.4 Å². The molecule has 0 atom stereocenters. The largest absolute Gasteiger partial charge is 0.865 e. The number of hydrogen-bond donors (Lipinski definition) is 2. The SMILES string of the molecule is COc1cc(/C=N\NC(=S)Nc2c(C)cccc2C)cc([N+](=O)[O-])c1[O-]. The van der Waals surface area contributed by atoms with Crippen molar-refractivity contribution in [1.29, 1.82) is 0 Å². The fraction of sp³-hybridized carbons (Fsp3) is 0.176. The van der Waals surface area contributed by atoms with Gasteiger partial charge in [0.15, 0.2) is 5.11 Å². The van der Waals surface area contributed by atoms with E-state index in [1.165, 1.54) is 19.4 Å². The highest BCUT2D eigenvalue weighted by Crippen LogP contribution is 2.33. The summed E-state index contributed by atoms with van der Waals surface area (Å²) in [5.41, 5.74) is 5.33. The van der Waals surface area contributed by atoms with Gasteiger partial charge in [-0.15, -0.1) is 0 Å². The Morgan fingerprint density at radius 1 is 1.31 bits per heavy atom. The number of aryl methyl sites for hydroxylation is 2. The number of nitro groups is 1. The van der Waals surface area contributed by atoms with Gasteiger partial charge in [-0.25, -0.2) is 0 Å². The predicted octanol–water partition coefficient (Wildman–Crippen LogP) is 2.61. The van der Waals surface area contributed by atoms with E-state index >= 15 is 0 Å². The molecule has 0 saturated heterocycles. The number of anilines is 1. The van der Waals surface area contributed by atoms with Crippen LogP contribution in [0, 0.1) is 24.0 Å². The normalized spacial score (nSPS) is 10.6. The Hall–Kier alpha value is -3.20. The Labute approximate surface area is 155 Å². The van der Waals surface area contributed by atoms with E-state index in [0.29, 0.717) is 5.56 Å². The topological polar surface area (TPSA) is 112 Å². The zero-order chi connectivity index (χ0) is 19.3. The summed E-state index contributed by atoms with van der Waals surface area (Å²) in [5.74, 6) is -0.910. The predicted molar refractivity (Wildman–Crippen MR) is 102 cm³/mol. The Morgan fingerprint density at radius 3 is 2.54 bits per heavy atom. The number of para-hydroxylation sites is 1. The molecule has 0 spiro atoms. The first-order chi connectivity index (χ1) is 12.3. The first kappa shape index (κ1) is 19.1. The Kier molecular flexibility index (Phi) is 6.07. The van der Waals surface area contributed by atoms with Crippen molar-refractivity contribution in [3.63, 3.8) is 0 Å². The molecule has 2 rings (SSSR count). The van der Waals surface area contributed by atoms with Crippen LogP contribution in [-0.4, -0.2) is 23.4 Å². The number of thiocarbonyl (C=S) groups is 1. The van der Waals surface area contributed by atoms with Crippen molar-refractivity contribution >= 4 is 34.9 Å². The Morgan fingerprint density at radius 2 is 1.96 bits per heavy atom. The lowest BCUT2D eigenvalue weighted by atomic mass is 10.1. The molecule has 0 aliphatic heterocycles. The highest BCUT2D eigenvalue weighted by molar-refractivity contribution is 7.80. The molecule has 0 aromatic heterocycles. The monoisotopic (exact) mass is 373 g/mol. The Balaban J connectivity index is 2.12. The van der Waals surface area contributed by atoms with Crippen molar-refractivity contribution in [3.05, 3.63) is 57.1 Å². The molecule has 0 bridgehead atoms. The fourth-order valence-electron chi connectivity index (χ4n) is 2.29. The van der Waals surface area contributed by atoms with Gasteiger partial charge in [0.05, 0.1) is 18.2 Å². The van der Waals surface area contributed by atoms with E-state index in [4.69, 9.17) is 17.0 Å². The number of hydrazone groups is 1. The number of nitrogens with one attached hydrogen (secondary N) is 2. The average molecular weight is 373 g/mol. The summed E-state index contributed by atoms with van der Waals surface area (Å²) in [4.78, 5) is 10.2. The molecule has 26 heavy (non-hydrogen) atoms. The molecule has 0 saturated carbocycles. The molecule has 0 radical (unpaired) electrons. The summed E-state index contributed by atoms with van der Waals surface area (Å²) >= 11 is 5.19. The molecule has 0 aliphatic rings. The minimum Gasteiger partial charge on any atom is -0.865 e. The van der Waals surface area contributed by atoms with Crippen LogP contribution in [0.25, 0.3) is 0 Å². The minimum absolute atomic E-state index is 0.128. The number of methoxy groups -OCH3 is 1. The first-order valence-corrected chi connectivity index (χ1v) is 7.94. The van der Waals surface area contributed by atoms with E-state index in [1.54, 1.807) is 0 Å². The molecule has 9 heteroatoms. The zero-order valence-corrected chi connectivity index (χ0v) is 15.2. The second kappa shape index (κ2) is 8.26. The molecular weight excluding hydrogens is 356 g/mol. The number of rotatable bonds is 5. The van der Waals surface area contributed by atoms with Gasteiger partial charge in [-0.2, -0.15) is 5.10 Å². The van der Waals surface area contributed by atoms with E-state index in [1.807, 2.05) is 32.0 Å². The molecule has 0 heterocycles. The second-order valence-electron chi connectivity index (χ2n) is 5.42. The summed E-state index contributed by atoms with van der Waals surface area (Å²) in [6.07, 6.45) is 1.31. The van der Waals surface area contributed by atoms with Crippen molar-refractivity contribution in [2.24, 2.45) is 5.10 Å². The lowest BCUT2D eigenvalue weighted by Gasteiger charge is -2.13. The van der Waals surface area contributed by atoms with Crippen LogP contribution < -0.4 is 20.6 Å². The molecule has 0 unspecified atom stereocenters. The summed E-state index contributed by atoms with van der Waals surface area (Å²) < 4.78 is 4.87. The molecule has 136 valence electrons. The molecule has 0 aliphatic carbocycles. The van der Waals surface area contributed by atoms with Crippen LogP contribution in [0.15, 0.2) is 35.4 Å². The maximum absolute atomic E-state index is 11.8. The van der Waals surface area contributed by atoms with Crippen molar-refractivity contribution in [2.75, 3.05) is 12.4 Å². The minimum atomic E-state index is -0.783. The highest BCUT2D eigenvalue weighted by Gasteiger charge is 2.12. The first-order valence-electron chi connectivity index (χ1n) is 7.53. The quantitative estimate of drug-likeness (QED) is 0.358. The third-order valence-electron chi connectivity index (χ3n) is 3.57. The van der Waals surface area contributed by atoms with Crippen LogP contribution >= 0.6 is 12.2 Å². The number of ether oxygens (including phenoxy) is 1. The van der Waals surface area contributed by atoms with Crippen molar-refractivity contribution in [3.8, 4) is 11.5 Å². The molecule has 2 aromatic rings. The van der Waals surface area contributed by atoms with Crippen molar-refractivity contribution in [1.82, 2.24) is 5.43 Å². The molecular formula is C17H17N4O4S-. The van der Waals surface area contributed by atoms with Gasteiger partial charge in [-0.3, -0.25) is 15.5 Å². The fourth-order valence-corrected chi connectivity index (χ4v) is 2.44. The van der Waals surface area contributed by atoms with Crippen LogP contribution in [-0.2, 0) is 0 Å². The van der Waals surface area contributed by atoms with Gasteiger partial charge in [0.1, 0.15) is 5.75 Å². The molecule has 0 fully saturated rings. The third kappa shape index (κ3) is 4.45. The van der Waals surface area contributed by atoms with Crippen LogP contribution in [0.4, 0.5) is 11.4 Å². The number of nitro benzene ring substituents is 1. The van der Waals surface area contributed by atoms with Gasteiger partial charge < -0.3 is 15.2 Å². The van der Waals surface area contributed by atoms with Gasteiger partial charge in [0.25, 0.3) is 5.69 Å². The van der Waals surface area contributed by atoms with Crippen molar-refractivity contribution in [2.45, 2.75) is 13.8 Å². The van der Waals surface area contributed by atoms with Crippen molar-refractivity contribution < 1.29 is 14.8 Å². The van der Waals surface area contributed by atoms with Gasteiger partial charge in [0, 0.05) is 23.1 Å². The summed E-state index contributed by atoms with van der Waals surface area (Å²) in [5, 5.41) is 30.0. The maximum Gasteiger partial charge on any atom is 0.266 e. The van der Waals surface area contributed by atoms with Gasteiger partial charge >= 0.3 is 0 Å². The standard InChI is InChI=1S/C17H18N4O4S/c1-10-5-4-6-11(2)15(10)19-17(26)20-18-9-12-7-13(21(23)24)16(22)14(8-12)25-3/h4-9,22H,1-3H3,(H2,19,20,26)/p-1/b18-9-. The third-order valence-corrected chi connectivity index (χ3v) is 3.77. The summed E-state index contributed by atoms with van der Waals surface area (Å²) in [6.45, 7) is 3.91. The lowest BCUT2D eigenvalue weighted by molar-refractivity contribution is -0.398. The van der Waals surface area contributed by atoms with Crippen LogP contribution in [0.5, 0.6) is 11.5 Å². The maximum atomic E-state index is 11.8. The lowest BCUT2D eigenvalue weighted by Crippen LogP contribution is -2.24. The van der Waals surface area contributed by atoms with Crippen LogP contribution in [0.3, 0.4) is 0 Å². The Bertz CT molecular complexity index is 863. The number of nitrogens with zero attached hydrogens (tertiary/aromatic N) is 2. The highest BCUT2D eigenvalue weighted by atomic mass is 32.1. The van der Waals surface area contributed by atoms with Gasteiger partial charge in [0.2, 0.25) is 0 Å². The van der Waals surface area contributed by atoms with E-state index in [0.717, 1.165) is 22.9 Å². The molecule has 2 aromatic carbocycles. The van der Waals surface area contributed by atoms with Crippen LogP contribution in [0.1, 0.15) is 16.7 Å². The van der Waals surface area contributed by atoms with E-state index in [-0.39, 0.29) is 10.9 Å². The average Bonchev–Trinajstić information content (AvgIpc) is 2.59. The second-order valence-corrected chi connectivity index (χ2v) is 5.83. The summed E-state index contributed by atoms with van der Waals surface area (Å²) in [6, 6.07) is 8.35. The summed E-state index contributed by atoms with van der Waals surface area (Å²) in [7, 11) is 1.27. The zero-order valence-electron chi connectivity index (χ0n) is 14.4. The molecule has 8 nitrogen and oxygen atoms in total. The molecule has 0 amide bonds. The van der Waals surface area contributed by atoms with Crippen LogP contribution in [0.2, 0.25) is 0 Å². The number of hydrogen-bond acceptors (Lipinski definition) is 6. The van der Waals surface area contributed by atoms with Gasteiger partial charge in [-0.1, -0.05) is 18.2 Å². The smallest absolute Gasteiger partial charge is 0.266 e. The van der Waals surface area contributed by atoms with E-state index in [2.05, 4.69) is 15.8 Å². The molecule has 2 N–H and O–H groups in total.